The van der Waals surface area contributed by atoms with Crippen molar-refractivity contribution in [1.29, 1.82) is 0 Å². The summed E-state index contributed by atoms with van der Waals surface area (Å²) in [4.78, 5) is 29.3. The lowest BCUT2D eigenvalue weighted by atomic mass is 10.0. The summed E-state index contributed by atoms with van der Waals surface area (Å²) in [6.07, 6.45) is 1.95. The monoisotopic (exact) mass is 424 g/mol. The standard InChI is InChI=1S/C19H30N2O3.C2H2O4/c1-6-7-15-10-14(11-18(20)23)8-9-17(15)24-12-16(22)13(2)21-19(3,4)5;3-1(4)2(5)6/h6,8-10,13,16,21-22H,1,7,11-12H2,2-5H3,(H2,20,23);(H,3,4)(H,5,6). The third kappa shape index (κ3) is 11.8. The van der Waals surface area contributed by atoms with E-state index >= 15 is 0 Å². The van der Waals surface area contributed by atoms with Crippen LogP contribution in [0.25, 0.3) is 0 Å². The first kappa shape index (κ1) is 27.1. The number of carbonyl (C=O) groups is 3. The van der Waals surface area contributed by atoms with Gasteiger partial charge < -0.3 is 31.1 Å². The average molecular weight is 424 g/mol. The number of rotatable bonds is 9. The average Bonchev–Trinajstić information content (AvgIpc) is 2.59. The molecule has 0 radical (unpaired) electrons. The minimum atomic E-state index is -1.82. The van der Waals surface area contributed by atoms with E-state index in [0.29, 0.717) is 12.2 Å². The summed E-state index contributed by atoms with van der Waals surface area (Å²) in [5.74, 6) is -3.33. The highest BCUT2D eigenvalue weighted by molar-refractivity contribution is 6.27. The number of carboxylic acids is 2. The van der Waals surface area contributed by atoms with Crippen LogP contribution in [0.1, 0.15) is 38.8 Å². The molecule has 1 rings (SSSR count). The Morgan fingerprint density at radius 2 is 1.80 bits per heavy atom. The summed E-state index contributed by atoms with van der Waals surface area (Å²) in [6.45, 7) is 12.0. The number of aliphatic hydroxyl groups is 1. The van der Waals surface area contributed by atoms with Gasteiger partial charge in [-0.25, -0.2) is 9.59 Å². The molecule has 0 aliphatic carbocycles. The molecule has 2 atom stereocenters. The van der Waals surface area contributed by atoms with Gasteiger partial charge in [-0.3, -0.25) is 4.79 Å². The number of carbonyl (C=O) groups excluding carboxylic acids is 1. The number of aliphatic hydroxyl groups excluding tert-OH is 1. The molecule has 0 fully saturated rings. The molecule has 1 aromatic carbocycles. The van der Waals surface area contributed by atoms with Crippen molar-refractivity contribution in [3.05, 3.63) is 42.0 Å². The largest absolute Gasteiger partial charge is 0.491 e. The Bertz CT molecular complexity index is 729. The second-order valence-corrected chi connectivity index (χ2v) is 7.75. The summed E-state index contributed by atoms with van der Waals surface area (Å²) in [5, 5.41) is 28.4. The molecule has 2 unspecified atom stereocenters. The molecule has 9 heteroatoms. The number of carboxylic acid groups (broad SMARTS) is 2. The van der Waals surface area contributed by atoms with Crippen LogP contribution in [0.3, 0.4) is 0 Å². The predicted molar refractivity (Wildman–Crippen MR) is 112 cm³/mol. The summed E-state index contributed by atoms with van der Waals surface area (Å²) < 4.78 is 5.79. The molecular formula is C21H32N2O7. The summed E-state index contributed by atoms with van der Waals surface area (Å²) in [7, 11) is 0. The van der Waals surface area contributed by atoms with Gasteiger partial charge in [0.2, 0.25) is 5.91 Å². The number of benzene rings is 1. The van der Waals surface area contributed by atoms with Gasteiger partial charge in [-0.15, -0.1) is 6.58 Å². The first-order valence-electron chi connectivity index (χ1n) is 9.32. The van der Waals surface area contributed by atoms with E-state index in [0.717, 1.165) is 11.1 Å². The fourth-order valence-electron chi connectivity index (χ4n) is 2.50. The quantitative estimate of drug-likeness (QED) is 0.291. The number of hydrogen-bond acceptors (Lipinski definition) is 6. The molecule has 6 N–H and O–H groups in total. The maximum atomic E-state index is 11.1. The van der Waals surface area contributed by atoms with Gasteiger partial charge in [0.25, 0.3) is 0 Å². The summed E-state index contributed by atoms with van der Waals surface area (Å²) in [6, 6.07) is 5.43. The first-order chi connectivity index (χ1) is 13.8. The highest BCUT2D eigenvalue weighted by Crippen LogP contribution is 2.22. The SMILES string of the molecule is C=CCc1cc(CC(N)=O)ccc1OCC(O)C(C)NC(C)(C)C.O=C(O)C(=O)O. The van der Waals surface area contributed by atoms with Crippen LogP contribution in [0.15, 0.2) is 30.9 Å². The second kappa shape index (κ2) is 12.6. The number of ether oxygens (including phenoxy) is 1. The van der Waals surface area contributed by atoms with E-state index in [-0.39, 0.29) is 30.5 Å². The van der Waals surface area contributed by atoms with Crippen LogP contribution >= 0.6 is 0 Å². The van der Waals surface area contributed by atoms with Crippen LogP contribution in [0, 0.1) is 0 Å². The Hall–Kier alpha value is -2.91. The zero-order valence-electron chi connectivity index (χ0n) is 17.8. The molecule has 30 heavy (non-hydrogen) atoms. The van der Waals surface area contributed by atoms with Crippen molar-refractivity contribution in [2.75, 3.05) is 6.61 Å². The van der Waals surface area contributed by atoms with Crippen LogP contribution in [0.5, 0.6) is 5.75 Å². The Kier molecular flexibility index (Phi) is 11.4. The molecule has 168 valence electrons. The van der Waals surface area contributed by atoms with Gasteiger partial charge in [-0.1, -0.05) is 18.2 Å². The van der Waals surface area contributed by atoms with Gasteiger partial charge in [-0.2, -0.15) is 0 Å². The topological polar surface area (TPSA) is 159 Å². The molecular weight excluding hydrogens is 392 g/mol. The van der Waals surface area contributed by atoms with E-state index in [1.165, 1.54) is 0 Å². The third-order valence-corrected chi connectivity index (χ3v) is 3.70. The maximum absolute atomic E-state index is 11.1. The van der Waals surface area contributed by atoms with Crippen LogP contribution in [-0.4, -0.2) is 57.5 Å². The Balaban J connectivity index is 0.00000122. The lowest BCUT2D eigenvalue weighted by molar-refractivity contribution is -0.159. The van der Waals surface area contributed by atoms with Crippen LogP contribution in [0.4, 0.5) is 0 Å². The molecule has 0 aromatic heterocycles. The number of primary amides is 1. The highest BCUT2D eigenvalue weighted by atomic mass is 16.5. The van der Waals surface area contributed by atoms with Crippen LogP contribution in [0.2, 0.25) is 0 Å². The normalized spacial score (nSPS) is 12.7. The van der Waals surface area contributed by atoms with Crippen LogP contribution < -0.4 is 15.8 Å². The Labute approximate surface area is 176 Å². The zero-order valence-corrected chi connectivity index (χ0v) is 17.8. The number of allylic oxidation sites excluding steroid dienone is 1. The fourth-order valence-corrected chi connectivity index (χ4v) is 2.50. The maximum Gasteiger partial charge on any atom is 0.414 e. The number of nitrogens with one attached hydrogen (secondary N) is 1. The molecule has 0 aliphatic heterocycles. The molecule has 0 saturated heterocycles. The van der Waals surface area contributed by atoms with E-state index < -0.39 is 18.0 Å². The lowest BCUT2D eigenvalue weighted by Gasteiger charge is -2.29. The van der Waals surface area contributed by atoms with Crippen molar-refractivity contribution in [3.8, 4) is 5.75 Å². The van der Waals surface area contributed by atoms with E-state index in [4.69, 9.17) is 30.3 Å². The second-order valence-electron chi connectivity index (χ2n) is 7.75. The van der Waals surface area contributed by atoms with Crippen molar-refractivity contribution in [2.45, 2.75) is 58.2 Å². The van der Waals surface area contributed by atoms with Gasteiger partial charge in [0.05, 0.1) is 6.42 Å². The molecule has 0 heterocycles. The molecule has 0 bridgehead atoms. The third-order valence-electron chi connectivity index (χ3n) is 3.70. The minimum absolute atomic E-state index is 0.0786. The van der Waals surface area contributed by atoms with Gasteiger partial charge >= 0.3 is 11.9 Å². The minimum Gasteiger partial charge on any atom is -0.491 e. The molecule has 1 aromatic rings. The highest BCUT2D eigenvalue weighted by Gasteiger charge is 2.21. The molecule has 0 saturated carbocycles. The number of amides is 1. The molecule has 0 aliphatic rings. The predicted octanol–water partition coefficient (Wildman–Crippen LogP) is 1.11. The number of hydrogen-bond donors (Lipinski definition) is 5. The van der Waals surface area contributed by atoms with Crippen molar-refractivity contribution in [1.82, 2.24) is 5.32 Å². The first-order valence-corrected chi connectivity index (χ1v) is 9.32. The Morgan fingerprint density at radius 1 is 1.23 bits per heavy atom. The van der Waals surface area contributed by atoms with Crippen LogP contribution in [-0.2, 0) is 27.2 Å². The van der Waals surface area contributed by atoms with Crippen molar-refractivity contribution in [2.24, 2.45) is 5.73 Å². The number of nitrogens with two attached hydrogens (primary N) is 1. The molecule has 0 spiro atoms. The van der Waals surface area contributed by atoms with E-state index in [1.807, 2.05) is 25.1 Å². The van der Waals surface area contributed by atoms with E-state index in [1.54, 1.807) is 6.08 Å². The molecule has 1 amide bonds. The van der Waals surface area contributed by atoms with E-state index in [2.05, 4.69) is 32.7 Å². The smallest absolute Gasteiger partial charge is 0.414 e. The lowest BCUT2D eigenvalue weighted by Crippen LogP contribution is -2.49. The van der Waals surface area contributed by atoms with Gasteiger partial charge in [0.1, 0.15) is 18.5 Å². The number of aliphatic carboxylic acids is 2. The van der Waals surface area contributed by atoms with Gasteiger partial charge in [-0.05, 0) is 51.3 Å². The van der Waals surface area contributed by atoms with Gasteiger partial charge in [0, 0.05) is 11.6 Å². The van der Waals surface area contributed by atoms with E-state index in [9.17, 15) is 9.90 Å². The zero-order chi connectivity index (χ0) is 23.5. The fraction of sp³-hybridized carbons (Fsp3) is 0.476. The molecule has 9 nitrogen and oxygen atoms in total. The summed E-state index contributed by atoms with van der Waals surface area (Å²) >= 11 is 0. The summed E-state index contributed by atoms with van der Waals surface area (Å²) in [5.41, 5.74) is 6.93. The van der Waals surface area contributed by atoms with Crippen molar-refractivity contribution < 1.29 is 34.4 Å². The Morgan fingerprint density at radius 3 is 2.23 bits per heavy atom. The van der Waals surface area contributed by atoms with Crippen molar-refractivity contribution in [3.63, 3.8) is 0 Å². The van der Waals surface area contributed by atoms with Crippen molar-refractivity contribution >= 4 is 17.8 Å². The van der Waals surface area contributed by atoms with Gasteiger partial charge in [0.15, 0.2) is 0 Å².